The summed E-state index contributed by atoms with van der Waals surface area (Å²) in [5.74, 6) is 0.954. The smallest absolute Gasteiger partial charge is 0.0122 e. The molecule has 1 saturated heterocycles. The molecule has 0 aliphatic carbocycles. The van der Waals surface area contributed by atoms with Crippen LogP contribution in [0.3, 0.4) is 0 Å². The minimum Gasteiger partial charge on any atom is -0.306 e. The van der Waals surface area contributed by atoms with Crippen molar-refractivity contribution in [2.45, 2.75) is 17.3 Å². The predicted molar refractivity (Wildman–Crippen MR) is 49.1 cm³/mol. The monoisotopic (exact) mass is 239 g/mol. The maximum absolute atomic E-state index is 2.53. The molecule has 1 fully saturated rings. The average Bonchev–Trinajstić information content (AvgIpc) is 2.14. The lowest BCUT2D eigenvalue weighted by Crippen LogP contribution is -2.17. The Labute approximate surface area is 70.9 Å². The Hall–Kier alpha value is 0.690. The van der Waals surface area contributed by atoms with Gasteiger partial charge >= 0.3 is 0 Å². The first kappa shape index (κ1) is 7.79. The first-order valence-electron chi connectivity index (χ1n) is 3.53. The van der Waals surface area contributed by atoms with Crippen LogP contribution in [-0.2, 0) is 0 Å². The molecule has 2 heteroatoms. The highest BCUT2D eigenvalue weighted by Crippen LogP contribution is 2.22. The van der Waals surface area contributed by atoms with Gasteiger partial charge in [-0.1, -0.05) is 29.5 Å². The van der Waals surface area contributed by atoms with Crippen LogP contribution in [0.1, 0.15) is 13.3 Å². The summed E-state index contributed by atoms with van der Waals surface area (Å²) < 4.78 is 0.854. The summed E-state index contributed by atoms with van der Waals surface area (Å²) in [6.45, 7) is 4.92. The van der Waals surface area contributed by atoms with E-state index in [1.54, 1.807) is 0 Å². The standard InChI is InChI=1S/C7H14IN/c1-6(8)7-3-4-9(2)5-7/h6-7H,3-5H2,1-2H3/t6-,7-/m1/s1. The third kappa shape index (κ3) is 2.08. The minimum atomic E-state index is 0.854. The maximum Gasteiger partial charge on any atom is 0.0122 e. The van der Waals surface area contributed by atoms with Gasteiger partial charge in [0.2, 0.25) is 0 Å². The zero-order chi connectivity index (χ0) is 6.85. The van der Waals surface area contributed by atoms with Crippen LogP contribution in [0, 0.1) is 5.92 Å². The molecule has 0 radical (unpaired) electrons. The fourth-order valence-electron chi connectivity index (χ4n) is 1.34. The molecule has 0 saturated carbocycles. The van der Waals surface area contributed by atoms with E-state index in [1.807, 2.05) is 0 Å². The SMILES string of the molecule is C[C@@H](I)[C@@H]1CCN(C)C1. The lowest BCUT2D eigenvalue weighted by Gasteiger charge is -2.11. The fraction of sp³-hybridized carbons (Fsp3) is 1.00. The van der Waals surface area contributed by atoms with Crippen molar-refractivity contribution in [1.82, 2.24) is 4.90 Å². The number of likely N-dealkylation sites (tertiary alicyclic amines) is 1. The molecule has 0 aromatic carbocycles. The van der Waals surface area contributed by atoms with Crippen molar-refractivity contribution >= 4 is 22.6 Å². The summed E-state index contributed by atoms with van der Waals surface area (Å²) in [4.78, 5) is 2.42. The van der Waals surface area contributed by atoms with E-state index in [0.717, 1.165) is 9.84 Å². The molecule has 0 unspecified atom stereocenters. The average molecular weight is 239 g/mol. The van der Waals surface area contributed by atoms with E-state index in [0.29, 0.717) is 0 Å². The molecular formula is C7H14IN. The van der Waals surface area contributed by atoms with E-state index >= 15 is 0 Å². The van der Waals surface area contributed by atoms with Gasteiger partial charge in [0.1, 0.15) is 0 Å². The largest absolute Gasteiger partial charge is 0.306 e. The van der Waals surface area contributed by atoms with Crippen molar-refractivity contribution in [3.05, 3.63) is 0 Å². The highest BCUT2D eigenvalue weighted by atomic mass is 127. The third-order valence-electron chi connectivity index (χ3n) is 2.08. The second kappa shape index (κ2) is 3.19. The molecule has 0 aromatic rings. The van der Waals surface area contributed by atoms with E-state index in [1.165, 1.54) is 19.5 Å². The molecule has 1 rings (SSSR count). The van der Waals surface area contributed by atoms with E-state index in [9.17, 15) is 0 Å². The molecule has 2 atom stereocenters. The second-order valence-corrected chi connectivity index (χ2v) is 4.95. The molecule has 1 aliphatic rings. The zero-order valence-electron chi connectivity index (χ0n) is 6.10. The summed E-state index contributed by atoms with van der Waals surface area (Å²) in [5, 5.41) is 0. The Bertz CT molecular complexity index is 92.9. The fourth-order valence-corrected chi connectivity index (χ4v) is 1.93. The summed E-state index contributed by atoms with van der Waals surface area (Å²) in [7, 11) is 2.21. The summed E-state index contributed by atoms with van der Waals surface area (Å²) in [6, 6.07) is 0. The van der Waals surface area contributed by atoms with Gasteiger partial charge < -0.3 is 4.90 Å². The van der Waals surface area contributed by atoms with Crippen molar-refractivity contribution < 1.29 is 0 Å². The molecule has 54 valence electrons. The van der Waals surface area contributed by atoms with E-state index in [4.69, 9.17) is 0 Å². The van der Waals surface area contributed by atoms with Crippen LogP contribution in [0.15, 0.2) is 0 Å². The number of hydrogen-bond donors (Lipinski definition) is 0. The van der Waals surface area contributed by atoms with Gasteiger partial charge in [-0.15, -0.1) is 0 Å². The predicted octanol–water partition coefficient (Wildman–Crippen LogP) is 1.76. The second-order valence-electron chi connectivity index (χ2n) is 2.99. The van der Waals surface area contributed by atoms with Crippen LogP contribution >= 0.6 is 22.6 Å². The summed E-state index contributed by atoms with van der Waals surface area (Å²) in [5.41, 5.74) is 0. The molecule has 0 bridgehead atoms. The molecule has 0 spiro atoms. The molecule has 0 aromatic heterocycles. The quantitative estimate of drug-likeness (QED) is 0.498. The molecule has 0 N–H and O–H groups in total. The van der Waals surface area contributed by atoms with Gasteiger partial charge in [0, 0.05) is 10.5 Å². The Balaban J connectivity index is 2.30. The number of rotatable bonds is 1. The van der Waals surface area contributed by atoms with E-state index in [2.05, 4.69) is 41.5 Å². The van der Waals surface area contributed by atoms with Crippen LogP contribution in [-0.4, -0.2) is 29.0 Å². The van der Waals surface area contributed by atoms with Crippen LogP contribution in [0.5, 0.6) is 0 Å². The first-order chi connectivity index (χ1) is 4.20. The van der Waals surface area contributed by atoms with Crippen molar-refractivity contribution in [1.29, 1.82) is 0 Å². The summed E-state index contributed by atoms with van der Waals surface area (Å²) in [6.07, 6.45) is 1.40. The van der Waals surface area contributed by atoms with Crippen molar-refractivity contribution in [3.63, 3.8) is 0 Å². The molecule has 9 heavy (non-hydrogen) atoms. The molecule has 0 amide bonds. The topological polar surface area (TPSA) is 3.24 Å². The lowest BCUT2D eigenvalue weighted by atomic mass is 10.1. The van der Waals surface area contributed by atoms with Gasteiger partial charge in [0.25, 0.3) is 0 Å². The Morgan fingerprint density at radius 3 is 2.56 bits per heavy atom. The number of alkyl halides is 1. The van der Waals surface area contributed by atoms with Crippen molar-refractivity contribution in [2.24, 2.45) is 5.92 Å². The van der Waals surface area contributed by atoms with Gasteiger partial charge in [0.15, 0.2) is 0 Å². The van der Waals surface area contributed by atoms with E-state index < -0.39 is 0 Å². The van der Waals surface area contributed by atoms with Gasteiger partial charge in [-0.2, -0.15) is 0 Å². The Kier molecular flexibility index (Phi) is 2.76. The van der Waals surface area contributed by atoms with Gasteiger partial charge in [-0.05, 0) is 25.9 Å². The minimum absolute atomic E-state index is 0.854. The highest BCUT2D eigenvalue weighted by molar-refractivity contribution is 14.1. The first-order valence-corrected chi connectivity index (χ1v) is 4.77. The normalized spacial score (nSPS) is 33.0. The molecule has 1 heterocycles. The van der Waals surface area contributed by atoms with Gasteiger partial charge in [-0.25, -0.2) is 0 Å². The Morgan fingerprint density at radius 1 is 1.67 bits per heavy atom. The van der Waals surface area contributed by atoms with Crippen molar-refractivity contribution in [3.8, 4) is 0 Å². The highest BCUT2D eigenvalue weighted by Gasteiger charge is 2.22. The number of hydrogen-bond acceptors (Lipinski definition) is 1. The Morgan fingerprint density at radius 2 is 2.33 bits per heavy atom. The molecule has 1 aliphatic heterocycles. The van der Waals surface area contributed by atoms with Crippen LogP contribution in [0.2, 0.25) is 0 Å². The van der Waals surface area contributed by atoms with Crippen LogP contribution < -0.4 is 0 Å². The molecular weight excluding hydrogens is 225 g/mol. The van der Waals surface area contributed by atoms with Gasteiger partial charge in [0.05, 0.1) is 0 Å². The van der Waals surface area contributed by atoms with Crippen LogP contribution in [0.4, 0.5) is 0 Å². The van der Waals surface area contributed by atoms with Crippen molar-refractivity contribution in [2.75, 3.05) is 20.1 Å². The number of halogens is 1. The number of nitrogens with zero attached hydrogens (tertiary/aromatic N) is 1. The molecule has 1 nitrogen and oxygen atoms in total. The van der Waals surface area contributed by atoms with E-state index in [-0.39, 0.29) is 0 Å². The third-order valence-corrected chi connectivity index (χ3v) is 3.09. The maximum atomic E-state index is 2.53. The zero-order valence-corrected chi connectivity index (χ0v) is 8.26. The lowest BCUT2D eigenvalue weighted by molar-refractivity contribution is 0.396. The summed E-state index contributed by atoms with van der Waals surface area (Å²) >= 11 is 2.53. The van der Waals surface area contributed by atoms with Crippen LogP contribution in [0.25, 0.3) is 0 Å². The van der Waals surface area contributed by atoms with Gasteiger partial charge in [-0.3, -0.25) is 0 Å².